The number of anilines is 1. The average molecular weight is 464 g/mol. The third kappa shape index (κ3) is 5.94. The Morgan fingerprint density at radius 3 is 2.38 bits per heavy atom. The topological polar surface area (TPSA) is 74.8 Å². The number of amides is 3. The Hall–Kier alpha value is -4.27. The smallest absolute Gasteiger partial charge is 0.321 e. The molecule has 0 saturated carbocycles. The molecule has 2 heterocycles. The molecule has 9 heteroatoms. The fraction of sp³-hybridized carbons (Fsp3) is 0.160. The number of rotatable bonds is 5. The molecule has 4 rings (SSSR count). The summed E-state index contributed by atoms with van der Waals surface area (Å²) in [6.45, 7) is 1.46. The molecule has 1 fully saturated rings. The molecule has 0 aliphatic carbocycles. The third-order valence-corrected chi connectivity index (χ3v) is 5.21. The van der Waals surface area contributed by atoms with Gasteiger partial charge in [0.05, 0.1) is 6.20 Å². The number of benzene rings is 2. The summed E-state index contributed by atoms with van der Waals surface area (Å²) in [6, 6.07) is 13.0. The highest BCUT2D eigenvalue weighted by atomic mass is 19.1. The van der Waals surface area contributed by atoms with Crippen LogP contribution in [0.2, 0.25) is 0 Å². The van der Waals surface area contributed by atoms with E-state index < -0.39 is 5.82 Å². The molecule has 1 aliphatic heterocycles. The second-order valence-electron chi connectivity index (χ2n) is 7.56. The van der Waals surface area contributed by atoms with Gasteiger partial charge >= 0.3 is 6.03 Å². The Balaban J connectivity index is 1.28. The minimum Gasteiger partial charge on any atom is -0.453 e. The summed E-state index contributed by atoms with van der Waals surface area (Å²) in [5.74, 6) is -0.680. The predicted molar refractivity (Wildman–Crippen MR) is 123 cm³/mol. The SMILES string of the molecule is O=C(/C=C/c1ccc(Oc2cccnc2)c(F)c1)N1CCN(C(=O)Nc2ccc(F)cc2)CC1. The van der Waals surface area contributed by atoms with E-state index in [2.05, 4.69) is 10.3 Å². The molecule has 1 saturated heterocycles. The van der Waals surface area contributed by atoms with Crippen LogP contribution in [0, 0.1) is 11.6 Å². The molecule has 2 aromatic carbocycles. The van der Waals surface area contributed by atoms with Crippen molar-refractivity contribution in [3.8, 4) is 11.5 Å². The van der Waals surface area contributed by atoms with Gasteiger partial charge in [-0.05, 0) is 60.2 Å². The van der Waals surface area contributed by atoms with Crippen molar-refractivity contribution in [3.05, 3.63) is 90.3 Å². The maximum Gasteiger partial charge on any atom is 0.321 e. The van der Waals surface area contributed by atoms with Gasteiger partial charge in [-0.15, -0.1) is 0 Å². The number of hydrogen-bond acceptors (Lipinski definition) is 4. The number of hydrogen-bond donors (Lipinski definition) is 1. The van der Waals surface area contributed by atoms with Crippen LogP contribution >= 0.6 is 0 Å². The van der Waals surface area contributed by atoms with Crippen molar-refractivity contribution in [2.75, 3.05) is 31.5 Å². The van der Waals surface area contributed by atoms with Crippen molar-refractivity contribution in [1.29, 1.82) is 0 Å². The number of halogens is 2. The predicted octanol–water partition coefficient (Wildman–Crippen LogP) is 4.54. The van der Waals surface area contributed by atoms with Crippen molar-refractivity contribution < 1.29 is 23.1 Å². The van der Waals surface area contributed by atoms with Crippen molar-refractivity contribution in [3.63, 3.8) is 0 Å². The van der Waals surface area contributed by atoms with E-state index in [9.17, 15) is 18.4 Å². The molecule has 3 amide bonds. The van der Waals surface area contributed by atoms with Crippen LogP contribution in [0.4, 0.5) is 19.3 Å². The highest BCUT2D eigenvalue weighted by Crippen LogP contribution is 2.25. The van der Waals surface area contributed by atoms with Crippen molar-refractivity contribution in [2.45, 2.75) is 0 Å². The zero-order valence-electron chi connectivity index (χ0n) is 18.2. The average Bonchev–Trinajstić information content (AvgIpc) is 2.86. The Labute approximate surface area is 195 Å². The third-order valence-electron chi connectivity index (χ3n) is 5.21. The molecular formula is C25H22F2N4O3. The van der Waals surface area contributed by atoms with E-state index in [0.29, 0.717) is 43.2 Å². The molecule has 0 spiro atoms. The summed E-state index contributed by atoms with van der Waals surface area (Å²) in [5.41, 5.74) is 1.01. The molecule has 1 aromatic heterocycles. The molecular weight excluding hydrogens is 442 g/mol. The molecule has 0 atom stereocenters. The maximum absolute atomic E-state index is 14.4. The minimum absolute atomic E-state index is 0.0616. The van der Waals surface area contributed by atoms with E-state index in [0.717, 1.165) is 0 Å². The monoisotopic (exact) mass is 464 g/mol. The van der Waals surface area contributed by atoms with Gasteiger partial charge in [0.25, 0.3) is 0 Å². The van der Waals surface area contributed by atoms with Gasteiger partial charge in [-0.2, -0.15) is 0 Å². The summed E-state index contributed by atoms with van der Waals surface area (Å²) in [6.07, 6.45) is 5.99. The molecule has 1 aliphatic rings. The number of urea groups is 1. The van der Waals surface area contributed by atoms with E-state index in [1.54, 1.807) is 34.2 Å². The van der Waals surface area contributed by atoms with E-state index in [4.69, 9.17) is 4.74 Å². The summed E-state index contributed by atoms with van der Waals surface area (Å²) < 4.78 is 32.8. The highest BCUT2D eigenvalue weighted by molar-refractivity contribution is 5.92. The molecule has 1 N–H and O–H groups in total. The van der Waals surface area contributed by atoms with Gasteiger partial charge in [0, 0.05) is 44.1 Å². The zero-order chi connectivity index (χ0) is 23.9. The van der Waals surface area contributed by atoms with Gasteiger partial charge in [0.15, 0.2) is 11.6 Å². The summed E-state index contributed by atoms with van der Waals surface area (Å²) >= 11 is 0. The van der Waals surface area contributed by atoms with Crippen LogP contribution in [-0.2, 0) is 4.79 Å². The first-order valence-corrected chi connectivity index (χ1v) is 10.6. The number of carbonyl (C=O) groups is 2. The van der Waals surface area contributed by atoms with Crippen LogP contribution in [-0.4, -0.2) is 52.9 Å². The van der Waals surface area contributed by atoms with E-state index in [1.165, 1.54) is 54.7 Å². The molecule has 0 unspecified atom stereocenters. The van der Waals surface area contributed by atoms with E-state index in [-0.39, 0.29) is 23.5 Å². The summed E-state index contributed by atoms with van der Waals surface area (Å²) in [5, 5.41) is 2.71. The van der Waals surface area contributed by atoms with Crippen LogP contribution in [0.1, 0.15) is 5.56 Å². The lowest BCUT2D eigenvalue weighted by molar-refractivity contribution is -0.127. The molecule has 3 aromatic rings. The maximum atomic E-state index is 14.4. The Bertz CT molecular complexity index is 1180. The van der Waals surface area contributed by atoms with Crippen LogP contribution in [0.15, 0.2) is 73.1 Å². The number of carbonyl (C=O) groups excluding carboxylic acids is 2. The van der Waals surface area contributed by atoms with Gasteiger partial charge in [0.1, 0.15) is 11.6 Å². The van der Waals surface area contributed by atoms with Crippen molar-refractivity contribution in [2.24, 2.45) is 0 Å². The second kappa shape index (κ2) is 10.6. The highest BCUT2D eigenvalue weighted by Gasteiger charge is 2.23. The Kier molecular flexibility index (Phi) is 7.12. The fourth-order valence-electron chi connectivity index (χ4n) is 3.38. The summed E-state index contributed by atoms with van der Waals surface area (Å²) in [7, 11) is 0. The first kappa shape index (κ1) is 22.9. The zero-order valence-corrected chi connectivity index (χ0v) is 18.2. The standard InChI is InChI=1S/C25H22F2N4O3/c26-19-5-7-20(8-6-19)29-25(33)31-14-12-30(13-15-31)24(32)10-4-18-3-9-23(22(27)16-18)34-21-2-1-11-28-17-21/h1-11,16-17H,12-15H2,(H,29,33)/b10-4+. The van der Waals surface area contributed by atoms with Crippen LogP contribution in [0.5, 0.6) is 11.5 Å². The van der Waals surface area contributed by atoms with Crippen molar-refractivity contribution in [1.82, 2.24) is 14.8 Å². The first-order valence-electron chi connectivity index (χ1n) is 10.6. The van der Waals surface area contributed by atoms with Crippen molar-refractivity contribution >= 4 is 23.7 Å². The minimum atomic E-state index is -0.556. The summed E-state index contributed by atoms with van der Waals surface area (Å²) in [4.78, 5) is 32.0. The van der Waals surface area contributed by atoms with Gasteiger partial charge in [-0.25, -0.2) is 13.6 Å². The van der Waals surface area contributed by atoms with Gasteiger partial charge in [0.2, 0.25) is 5.91 Å². The van der Waals surface area contributed by atoms with E-state index in [1.807, 2.05) is 0 Å². The normalized spacial score (nSPS) is 13.7. The lowest BCUT2D eigenvalue weighted by Crippen LogP contribution is -2.51. The molecule has 174 valence electrons. The van der Waals surface area contributed by atoms with Crippen LogP contribution in [0.25, 0.3) is 6.08 Å². The number of pyridine rings is 1. The number of nitrogens with one attached hydrogen (secondary N) is 1. The quantitative estimate of drug-likeness (QED) is 0.563. The fourth-order valence-corrected chi connectivity index (χ4v) is 3.38. The Morgan fingerprint density at radius 1 is 0.971 bits per heavy atom. The number of aromatic nitrogens is 1. The van der Waals surface area contributed by atoms with E-state index >= 15 is 0 Å². The van der Waals surface area contributed by atoms with Crippen LogP contribution in [0.3, 0.4) is 0 Å². The van der Waals surface area contributed by atoms with Gasteiger partial charge in [-0.3, -0.25) is 9.78 Å². The van der Waals surface area contributed by atoms with Gasteiger partial charge in [-0.1, -0.05) is 6.07 Å². The molecule has 0 radical (unpaired) electrons. The number of piperazine rings is 1. The molecule has 0 bridgehead atoms. The second-order valence-corrected chi connectivity index (χ2v) is 7.56. The van der Waals surface area contributed by atoms with Crippen LogP contribution < -0.4 is 10.1 Å². The lowest BCUT2D eigenvalue weighted by Gasteiger charge is -2.34. The molecule has 7 nitrogen and oxygen atoms in total. The number of nitrogens with zero attached hydrogens (tertiary/aromatic N) is 3. The number of ether oxygens (including phenoxy) is 1. The Morgan fingerprint density at radius 2 is 1.71 bits per heavy atom. The largest absolute Gasteiger partial charge is 0.453 e. The first-order chi connectivity index (χ1) is 16.5. The molecule has 34 heavy (non-hydrogen) atoms. The van der Waals surface area contributed by atoms with Gasteiger partial charge < -0.3 is 19.9 Å². The lowest BCUT2D eigenvalue weighted by atomic mass is 10.2.